The van der Waals surface area contributed by atoms with Crippen molar-refractivity contribution in [2.45, 2.75) is 19.3 Å². The molecule has 0 aromatic rings. The second kappa shape index (κ2) is 5.30. The van der Waals surface area contributed by atoms with Crippen LogP contribution < -0.4 is 5.73 Å². The van der Waals surface area contributed by atoms with Crippen LogP contribution in [0.4, 0.5) is 0 Å². The Kier molecular flexibility index (Phi) is 3.77. The molecule has 16 heavy (non-hydrogen) atoms. The maximum absolute atomic E-state index is 11.5. The lowest BCUT2D eigenvalue weighted by Gasteiger charge is -2.25. The first-order valence-corrected chi connectivity index (χ1v) is 5.96. The molecule has 0 radical (unpaired) electrons. The highest BCUT2D eigenvalue weighted by Crippen LogP contribution is 2.21. The van der Waals surface area contributed by atoms with E-state index in [-0.39, 0.29) is 11.9 Å². The summed E-state index contributed by atoms with van der Waals surface area (Å²) in [4.78, 5) is 18.2. The van der Waals surface area contributed by atoms with Crippen LogP contribution in [0, 0.1) is 5.92 Å². The van der Waals surface area contributed by atoms with Gasteiger partial charge in [0.05, 0.1) is 24.9 Å². The summed E-state index contributed by atoms with van der Waals surface area (Å²) in [6.45, 7) is 3.81. The summed E-state index contributed by atoms with van der Waals surface area (Å²) < 4.78 is 5.06. The van der Waals surface area contributed by atoms with Crippen LogP contribution in [0.2, 0.25) is 0 Å². The molecule has 0 aliphatic carbocycles. The standard InChI is InChI=1S/C11H19N3O2/c12-3-5-14-6-4-13-10(14)8-9-2-1-7-16-11(9)15/h9H,1-8,12H2. The average Bonchev–Trinajstić information content (AvgIpc) is 2.70. The molecule has 2 heterocycles. The van der Waals surface area contributed by atoms with E-state index in [1.54, 1.807) is 0 Å². The van der Waals surface area contributed by atoms with Gasteiger partial charge in [-0.25, -0.2) is 0 Å². The Labute approximate surface area is 95.6 Å². The molecule has 0 amide bonds. The third-order valence-electron chi connectivity index (χ3n) is 3.13. The fraction of sp³-hybridized carbons (Fsp3) is 0.818. The first kappa shape index (κ1) is 11.4. The highest BCUT2D eigenvalue weighted by Gasteiger charge is 2.28. The van der Waals surface area contributed by atoms with Crippen molar-refractivity contribution in [1.29, 1.82) is 0 Å². The Morgan fingerprint density at radius 2 is 2.44 bits per heavy atom. The van der Waals surface area contributed by atoms with Gasteiger partial charge in [-0.05, 0) is 12.8 Å². The molecule has 0 saturated carbocycles. The Bertz CT molecular complexity index is 291. The molecule has 0 spiro atoms. The largest absolute Gasteiger partial charge is 0.465 e. The zero-order chi connectivity index (χ0) is 11.4. The van der Waals surface area contributed by atoms with Crippen LogP contribution >= 0.6 is 0 Å². The minimum atomic E-state index is -0.0615. The van der Waals surface area contributed by atoms with E-state index in [1.165, 1.54) is 0 Å². The minimum Gasteiger partial charge on any atom is -0.465 e. The van der Waals surface area contributed by atoms with E-state index in [0.29, 0.717) is 13.2 Å². The number of hydrogen-bond acceptors (Lipinski definition) is 5. The number of nitrogens with zero attached hydrogens (tertiary/aromatic N) is 2. The fourth-order valence-electron chi connectivity index (χ4n) is 2.26. The van der Waals surface area contributed by atoms with Crippen molar-refractivity contribution in [3.63, 3.8) is 0 Å². The summed E-state index contributed by atoms with van der Waals surface area (Å²) in [7, 11) is 0. The maximum atomic E-state index is 11.5. The van der Waals surface area contributed by atoms with Crippen LogP contribution in [0.25, 0.3) is 0 Å². The van der Waals surface area contributed by atoms with Crippen LogP contribution in [0.15, 0.2) is 4.99 Å². The van der Waals surface area contributed by atoms with Crippen LogP contribution in [0.3, 0.4) is 0 Å². The second-order valence-electron chi connectivity index (χ2n) is 4.28. The number of ether oxygens (including phenoxy) is 1. The van der Waals surface area contributed by atoms with E-state index in [2.05, 4.69) is 9.89 Å². The highest BCUT2D eigenvalue weighted by molar-refractivity contribution is 5.88. The minimum absolute atomic E-state index is 0.00544. The van der Waals surface area contributed by atoms with Crippen molar-refractivity contribution in [1.82, 2.24) is 4.90 Å². The van der Waals surface area contributed by atoms with Crippen molar-refractivity contribution >= 4 is 11.8 Å². The van der Waals surface area contributed by atoms with E-state index in [4.69, 9.17) is 10.5 Å². The van der Waals surface area contributed by atoms with Crippen molar-refractivity contribution in [3.05, 3.63) is 0 Å². The molecule has 90 valence electrons. The molecule has 1 saturated heterocycles. The van der Waals surface area contributed by atoms with Gasteiger partial charge in [-0.15, -0.1) is 0 Å². The van der Waals surface area contributed by atoms with E-state index >= 15 is 0 Å². The van der Waals surface area contributed by atoms with Gasteiger partial charge in [0, 0.05) is 26.1 Å². The third kappa shape index (κ3) is 2.52. The van der Waals surface area contributed by atoms with E-state index in [1.807, 2.05) is 0 Å². The maximum Gasteiger partial charge on any atom is 0.309 e. The number of carbonyl (C=O) groups is 1. The molecule has 5 heteroatoms. The number of rotatable bonds is 4. The molecule has 0 bridgehead atoms. The van der Waals surface area contributed by atoms with Crippen molar-refractivity contribution in [2.24, 2.45) is 16.6 Å². The predicted octanol–water partition coefficient (Wildman–Crippen LogP) is 0.00250. The summed E-state index contributed by atoms with van der Waals surface area (Å²) in [5, 5.41) is 0. The number of nitrogens with two attached hydrogens (primary N) is 1. The molecule has 2 N–H and O–H groups in total. The zero-order valence-corrected chi connectivity index (χ0v) is 9.52. The molecule has 1 atom stereocenters. The Hall–Kier alpha value is -1.10. The molecule has 5 nitrogen and oxygen atoms in total. The third-order valence-corrected chi connectivity index (χ3v) is 3.13. The van der Waals surface area contributed by atoms with Crippen molar-refractivity contribution < 1.29 is 9.53 Å². The number of aliphatic imine (C=N–C) groups is 1. The van der Waals surface area contributed by atoms with Gasteiger partial charge in [0.2, 0.25) is 0 Å². The molecular formula is C11H19N3O2. The Balaban J connectivity index is 1.90. The normalized spacial score (nSPS) is 25.6. The van der Waals surface area contributed by atoms with Gasteiger partial charge >= 0.3 is 5.97 Å². The summed E-state index contributed by atoms with van der Waals surface area (Å²) >= 11 is 0. The number of cyclic esters (lactones) is 1. The first-order chi connectivity index (χ1) is 7.81. The lowest BCUT2D eigenvalue weighted by atomic mass is 9.97. The fourth-order valence-corrected chi connectivity index (χ4v) is 2.26. The lowest BCUT2D eigenvalue weighted by Crippen LogP contribution is -2.36. The van der Waals surface area contributed by atoms with Crippen LogP contribution in [0.1, 0.15) is 19.3 Å². The predicted molar refractivity (Wildman–Crippen MR) is 61.2 cm³/mol. The number of amidine groups is 1. The van der Waals surface area contributed by atoms with Gasteiger partial charge in [0.25, 0.3) is 0 Å². The van der Waals surface area contributed by atoms with E-state index in [0.717, 1.165) is 44.7 Å². The first-order valence-electron chi connectivity index (χ1n) is 5.96. The number of carbonyl (C=O) groups excluding carboxylic acids is 1. The summed E-state index contributed by atoms with van der Waals surface area (Å²) in [5.41, 5.74) is 5.54. The van der Waals surface area contributed by atoms with Gasteiger partial charge in [-0.1, -0.05) is 0 Å². The molecule has 0 aromatic heterocycles. The van der Waals surface area contributed by atoms with Gasteiger partial charge in [-0.2, -0.15) is 0 Å². The van der Waals surface area contributed by atoms with Crippen molar-refractivity contribution in [2.75, 3.05) is 32.8 Å². The van der Waals surface area contributed by atoms with Crippen molar-refractivity contribution in [3.8, 4) is 0 Å². The highest BCUT2D eigenvalue weighted by atomic mass is 16.5. The average molecular weight is 225 g/mol. The second-order valence-corrected chi connectivity index (χ2v) is 4.28. The smallest absolute Gasteiger partial charge is 0.309 e. The Morgan fingerprint density at radius 1 is 1.56 bits per heavy atom. The van der Waals surface area contributed by atoms with Gasteiger partial charge in [-0.3, -0.25) is 9.79 Å². The van der Waals surface area contributed by atoms with Crippen LogP contribution in [-0.2, 0) is 9.53 Å². The zero-order valence-electron chi connectivity index (χ0n) is 9.52. The number of esters is 1. The van der Waals surface area contributed by atoms with E-state index in [9.17, 15) is 4.79 Å². The molecule has 0 aromatic carbocycles. The molecule has 1 fully saturated rings. The molecule has 2 aliphatic heterocycles. The lowest BCUT2D eigenvalue weighted by molar-refractivity contribution is -0.152. The van der Waals surface area contributed by atoms with Crippen LogP contribution in [0.5, 0.6) is 0 Å². The van der Waals surface area contributed by atoms with Gasteiger partial charge < -0.3 is 15.4 Å². The quantitative estimate of drug-likeness (QED) is 0.684. The molecule has 2 aliphatic rings. The Morgan fingerprint density at radius 3 is 3.19 bits per heavy atom. The summed E-state index contributed by atoms with van der Waals surface area (Å²) in [6.07, 6.45) is 2.62. The SMILES string of the molecule is NCCN1CCN=C1CC1CCCOC1=O. The van der Waals surface area contributed by atoms with Crippen LogP contribution in [-0.4, -0.2) is 49.5 Å². The number of hydrogen-bond donors (Lipinski definition) is 1. The topological polar surface area (TPSA) is 67.9 Å². The van der Waals surface area contributed by atoms with Gasteiger partial charge in [0.15, 0.2) is 0 Å². The summed E-state index contributed by atoms with van der Waals surface area (Å²) in [5.74, 6) is 0.980. The van der Waals surface area contributed by atoms with Gasteiger partial charge in [0.1, 0.15) is 0 Å². The van der Waals surface area contributed by atoms with E-state index < -0.39 is 0 Å². The molecular weight excluding hydrogens is 206 g/mol. The molecule has 2 rings (SSSR count). The molecule has 1 unspecified atom stereocenters. The monoisotopic (exact) mass is 225 g/mol. The summed E-state index contributed by atoms with van der Waals surface area (Å²) in [6, 6.07) is 0.